The summed E-state index contributed by atoms with van der Waals surface area (Å²) in [4.78, 5) is 14.8. The molecule has 2 rings (SSSR count). The minimum atomic E-state index is -0.00868. The third kappa shape index (κ3) is 4.97. The summed E-state index contributed by atoms with van der Waals surface area (Å²) in [6, 6.07) is 9.50. The summed E-state index contributed by atoms with van der Waals surface area (Å²) in [5.74, 6) is 1.23. The van der Waals surface area contributed by atoms with E-state index in [0.717, 1.165) is 13.1 Å². The summed E-state index contributed by atoms with van der Waals surface area (Å²) in [6.45, 7) is 4.29. The van der Waals surface area contributed by atoms with Crippen molar-refractivity contribution < 1.29 is 19.2 Å². The number of likely N-dealkylation sites (N-methyl/N-ethyl adjacent to an activating group) is 1. The number of carbonyl (C=O) groups is 1. The number of benzene rings is 1. The lowest BCUT2D eigenvalue weighted by molar-refractivity contribution is -0.903. The molecule has 0 fully saturated rings. The molecule has 6 heteroatoms. The molecule has 2 N–H and O–H groups in total. The van der Waals surface area contributed by atoms with Gasteiger partial charge in [-0.15, -0.1) is 11.3 Å². The van der Waals surface area contributed by atoms with Crippen molar-refractivity contribution in [3.05, 3.63) is 40.6 Å². The Balaban J connectivity index is 1.95. The van der Waals surface area contributed by atoms with Gasteiger partial charge in [0.2, 0.25) is 0 Å². The van der Waals surface area contributed by atoms with Gasteiger partial charge in [-0.05, 0) is 30.5 Å². The smallest absolute Gasteiger partial charge is 0.279 e. The van der Waals surface area contributed by atoms with Crippen LogP contribution in [0.4, 0.5) is 5.69 Å². The predicted octanol–water partition coefficient (Wildman–Crippen LogP) is 1.81. The van der Waals surface area contributed by atoms with Gasteiger partial charge in [0.05, 0.1) is 25.6 Å². The van der Waals surface area contributed by atoms with E-state index >= 15 is 0 Å². The quantitative estimate of drug-likeness (QED) is 0.774. The van der Waals surface area contributed by atoms with Gasteiger partial charge in [0.1, 0.15) is 6.54 Å². The monoisotopic (exact) mass is 335 g/mol. The molecule has 0 aliphatic heterocycles. The normalized spacial score (nSPS) is 11.8. The fourth-order valence-corrected chi connectivity index (χ4v) is 3.09. The van der Waals surface area contributed by atoms with Crippen molar-refractivity contribution in [2.24, 2.45) is 0 Å². The first kappa shape index (κ1) is 17.3. The van der Waals surface area contributed by atoms with Gasteiger partial charge in [-0.2, -0.15) is 0 Å². The fourth-order valence-electron chi connectivity index (χ4n) is 2.32. The molecule has 124 valence electrons. The van der Waals surface area contributed by atoms with Crippen molar-refractivity contribution in [1.29, 1.82) is 0 Å². The van der Waals surface area contributed by atoms with Crippen LogP contribution in [0.25, 0.3) is 0 Å². The van der Waals surface area contributed by atoms with Gasteiger partial charge < -0.3 is 19.7 Å². The van der Waals surface area contributed by atoms with E-state index in [1.165, 1.54) is 9.78 Å². The third-order valence-electron chi connectivity index (χ3n) is 3.58. The molecular weight excluding hydrogens is 312 g/mol. The Bertz CT molecular complexity index is 629. The molecule has 2 aromatic rings. The topological polar surface area (TPSA) is 52.0 Å². The molecule has 23 heavy (non-hydrogen) atoms. The number of thiophene rings is 1. The Labute approximate surface area is 140 Å². The van der Waals surface area contributed by atoms with Crippen LogP contribution in [-0.2, 0) is 11.3 Å². The van der Waals surface area contributed by atoms with Crippen molar-refractivity contribution in [2.45, 2.75) is 13.5 Å². The summed E-state index contributed by atoms with van der Waals surface area (Å²) < 4.78 is 10.4. The Hall–Kier alpha value is -2.05. The van der Waals surface area contributed by atoms with Gasteiger partial charge in [-0.25, -0.2) is 0 Å². The third-order valence-corrected chi connectivity index (χ3v) is 4.46. The summed E-state index contributed by atoms with van der Waals surface area (Å²) >= 11 is 1.72. The number of rotatable bonds is 8. The van der Waals surface area contributed by atoms with Crippen molar-refractivity contribution in [3.63, 3.8) is 0 Å². The van der Waals surface area contributed by atoms with Crippen LogP contribution in [-0.4, -0.2) is 33.2 Å². The largest absolute Gasteiger partial charge is 0.493 e. The first-order chi connectivity index (χ1) is 11.2. The SMILES string of the molecule is CC[NH+](CC(=O)Nc1ccc(OC)c(OC)c1)Cc1cccs1. The molecule has 0 spiro atoms. The molecule has 0 bridgehead atoms. The van der Waals surface area contributed by atoms with Crippen molar-refractivity contribution in [3.8, 4) is 11.5 Å². The van der Waals surface area contributed by atoms with Crippen LogP contribution in [0.5, 0.6) is 11.5 Å². The first-order valence-electron chi connectivity index (χ1n) is 7.54. The van der Waals surface area contributed by atoms with Crippen molar-refractivity contribution in [2.75, 3.05) is 32.6 Å². The molecule has 1 amide bonds. The molecule has 0 aliphatic rings. The number of anilines is 1. The van der Waals surface area contributed by atoms with Crippen LogP contribution < -0.4 is 19.7 Å². The van der Waals surface area contributed by atoms with Crippen LogP contribution in [0, 0.1) is 0 Å². The van der Waals surface area contributed by atoms with Gasteiger partial charge in [-0.1, -0.05) is 6.07 Å². The van der Waals surface area contributed by atoms with Gasteiger partial charge in [0.15, 0.2) is 18.0 Å². The summed E-state index contributed by atoms with van der Waals surface area (Å²) in [6.07, 6.45) is 0. The molecule has 1 aromatic carbocycles. The van der Waals surface area contributed by atoms with Crippen molar-refractivity contribution in [1.82, 2.24) is 0 Å². The minimum Gasteiger partial charge on any atom is -0.493 e. The molecule has 0 saturated heterocycles. The van der Waals surface area contributed by atoms with Crippen LogP contribution in [0.1, 0.15) is 11.8 Å². The van der Waals surface area contributed by atoms with Crippen LogP contribution in [0.15, 0.2) is 35.7 Å². The maximum atomic E-state index is 12.3. The molecular formula is C17H23N2O3S+. The average Bonchev–Trinajstić information content (AvgIpc) is 3.07. The van der Waals surface area contributed by atoms with E-state index in [1.807, 2.05) is 12.1 Å². The van der Waals surface area contributed by atoms with Crippen LogP contribution >= 0.6 is 11.3 Å². The maximum Gasteiger partial charge on any atom is 0.279 e. The zero-order valence-electron chi connectivity index (χ0n) is 13.7. The van der Waals surface area contributed by atoms with Gasteiger partial charge in [0.25, 0.3) is 5.91 Å². The number of ether oxygens (including phenoxy) is 2. The van der Waals surface area contributed by atoms with E-state index < -0.39 is 0 Å². The standard InChI is InChI=1S/C17H22N2O3S/c1-4-19(11-14-6-5-9-23-14)12-17(20)18-13-7-8-15(21-2)16(10-13)22-3/h5-10H,4,11-12H2,1-3H3,(H,18,20)/p+1. The Morgan fingerprint density at radius 1 is 1.22 bits per heavy atom. The number of carbonyl (C=O) groups excluding carboxylic acids is 1. The first-order valence-corrected chi connectivity index (χ1v) is 8.42. The Morgan fingerprint density at radius 3 is 2.61 bits per heavy atom. The highest BCUT2D eigenvalue weighted by Gasteiger charge is 2.14. The number of quaternary nitrogens is 1. The second-order valence-corrected chi connectivity index (χ2v) is 6.19. The summed E-state index contributed by atoms with van der Waals surface area (Å²) in [5, 5.41) is 4.98. The van der Waals surface area contributed by atoms with E-state index in [1.54, 1.807) is 37.7 Å². The Kier molecular flexibility index (Phi) is 6.43. The Morgan fingerprint density at radius 2 is 2.00 bits per heavy atom. The zero-order valence-corrected chi connectivity index (χ0v) is 14.5. The minimum absolute atomic E-state index is 0.00868. The lowest BCUT2D eigenvalue weighted by atomic mass is 10.2. The fraction of sp³-hybridized carbons (Fsp3) is 0.353. The molecule has 1 atom stereocenters. The van der Waals surface area contributed by atoms with Crippen molar-refractivity contribution >= 4 is 22.9 Å². The molecule has 5 nitrogen and oxygen atoms in total. The second kappa shape index (κ2) is 8.55. The van der Waals surface area contributed by atoms with E-state index in [4.69, 9.17) is 9.47 Å². The van der Waals surface area contributed by atoms with Gasteiger partial charge >= 0.3 is 0 Å². The maximum absolute atomic E-state index is 12.3. The van der Waals surface area contributed by atoms with Gasteiger partial charge in [-0.3, -0.25) is 4.79 Å². The highest BCUT2D eigenvalue weighted by atomic mass is 32.1. The zero-order chi connectivity index (χ0) is 16.7. The number of hydrogen-bond donors (Lipinski definition) is 2. The number of hydrogen-bond acceptors (Lipinski definition) is 4. The van der Waals surface area contributed by atoms with E-state index in [-0.39, 0.29) is 5.91 Å². The van der Waals surface area contributed by atoms with Crippen LogP contribution in [0.2, 0.25) is 0 Å². The molecule has 0 saturated carbocycles. The molecule has 0 radical (unpaired) electrons. The van der Waals surface area contributed by atoms with E-state index in [0.29, 0.717) is 23.7 Å². The molecule has 1 aromatic heterocycles. The highest BCUT2D eigenvalue weighted by Crippen LogP contribution is 2.29. The molecule has 0 aliphatic carbocycles. The summed E-state index contributed by atoms with van der Waals surface area (Å²) in [5.41, 5.74) is 0.708. The predicted molar refractivity (Wildman–Crippen MR) is 92.6 cm³/mol. The molecule has 1 unspecified atom stereocenters. The number of methoxy groups -OCH3 is 2. The number of amides is 1. The summed E-state index contributed by atoms with van der Waals surface area (Å²) in [7, 11) is 3.16. The lowest BCUT2D eigenvalue weighted by Crippen LogP contribution is -3.11. The number of nitrogens with one attached hydrogen (secondary N) is 2. The highest BCUT2D eigenvalue weighted by molar-refractivity contribution is 7.09. The van der Waals surface area contributed by atoms with Crippen LogP contribution in [0.3, 0.4) is 0 Å². The lowest BCUT2D eigenvalue weighted by Gasteiger charge is -2.17. The second-order valence-electron chi connectivity index (χ2n) is 5.15. The van der Waals surface area contributed by atoms with E-state index in [2.05, 4.69) is 23.7 Å². The average molecular weight is 335 g/mol. The van der Waals surface area contributed by atoms with E-state index in [9.17, 15) is 4.79 Å². The molecule has 1 heterocycles. The van der Waals surface area contributed by atoms with Gasteiger partial charge in [0, 0.05) is 11.8 Å².